The molecule has 2 aromatic rings. The van der Waals surface area contributed by atoms with Crippen molar-refractivity contribution in [2.45, 2.75) is 33.2 Å². The fourth-order valence-electron chi connectivity index (χ4n) is 2.44. The van der Waals surface area contributed by atoms with Crippen LogP contribution >= 0.6 is 11.3 Å². The number of benzene rings is 1. The van der Waals surface area contributed by atoms with Gasteiger partial charge >= 0.3 is 0 Å². The lowest BCUT2D eigenvalue weighted by molar-refractivity contribution is 0.420. The average molecular weight is 291 g/mol. The third-order valence-electron chi connectivity index (χ3n) is 3.58. The normalized spacial score (nSPS) is 12.8. The number of nitrogens with one attached hydrogen (secondary N) is 1. The molecule has 0 radical (unpaired) electrons. The molecule has 0 amide bonds. The van der Waals surface area contributed by atoms with Crippen LogP contribution in [-0.2, 0) is 6.42 Å². The molecule has 20 heavy (non-hydrogen) atoms. The number of hydrogen-bond donors (Lipinski definition) is 1. The van der Waals surface area contributed by atoms with Gasteiger partial charge in [-0.05, 0) is 60.5 Å². The Morgan fingerprint density at radius 2 is 2.05 bits per heavy atom. The van der Waals surface area contributed by atoms with Gasteiger partial charge in [-0.1, -0.05) is 26.0 Å². The zero-order valence-corrected chi connectivity index (χ0v) is 13.1. The van der Waals surface area contributed by atoms with Gasteiger partial charge in [0.25, 0.3) is 0 Å². The highest BCUT2D eigenvalue weighted by Crippen LogP contribution is 2.25. The maximum Gasteiger partial charge on any atom is 0.123 e. The summed E-state index contributed by atoms with van der Waals surface area (Å²) in [5.41, 5.74) is 2.25. The summed E-state index contributed by atoms with van der Waals surface area (Å²) in [6.45, 7) is 7.35. The van der Waals surface area contributed by atoms with Crippen LogP contribution in [0, 0.1) is 18.7 Å². The Balaban J connectivity index is 1.94. The topological polar surface area (TPSA) is 12.0 Å². The first-order chi connectivity index (χ1) is 9.58. The number of thiophene rings is 1. The van der Waals surface area contributed by atoms with E-state index in [-0.39, 0.29) is 5.82 Å². The molecule has 0 fully saturated rings. The summed E-state index contributed by atoms with van der Waals surface area (Å²) >= 11 is 1.80. The van der Waals surface area contributed by atoms with Crippen molar-refractivity contribution in [1.82, 2.24) is 5.32 Å². The van der Waals surface area contributed by atoms with Crippen molar-refractivity contribution in [3.05, 3.63) is 57.5 Å². The van der Waals surface area contributed by atoms with E-state index in [1.807, 2.05) is 13.0 Å². The van der Waals surface area contributed by atoms with E-state index in [0.29, 0.717) is 12.0 Å². The monoisotopic (exact) mass is 291 g/mol. The van der Waals surface area contributed by atoms with E-state index in [9.17, 15) is 4.39 Å². The highest BCUT2D eigenvalue weighted by molar-refractivity contribution is 7.10. The van der Waals surface area contributed by atoms with Gasteiger partial charge in [-0.25, -0.2) is 4.39 Å². The molecule has 1 N–H and O–H groups in total. The second-order valence-corrected chi connectivity index (χ2v) is 6.49. The first kappa shape index (κ1) is 15.2. The molecule has 3 heteroatoms. The van der Waals surface area contributed by atoms with Crippen molar-refractivity contribution < 1.29 is 4.39 Å². The number of rotatable bonds is 6. The zero-order valence-electron chi connectivity index (χ0n) is 12.3. The molecule has 0 aliphatic heterocycles. The summed E-state index contributed by atoms with van der Waals surface area (Å²) in [4.78, 5) is 1.39. The van der Waals surface area contributed by atoms with Crippen LogP contribution in [0.2, 0.25) is 0 Å². The molecule has 1 unspecified atom stereocenters. The zero-order chi connectivity index (χ0) is 14.5. The maximum absolute atomic E-state index is 13.1. The number of aryl methyl sites for hydroxylation is 1. The molecule has 0 aliphatic carbocycles. The predicted molar refractivity (Wildman–Crippen MR) is 84.7 cm³/mol. The molecule has 0 saturated carbocycles. The van der Waals surface area contributed by atoms with Gasteiger partial charge in [-0.15, -0.1) is 11.3 Å². The average Bonchev–Trinajstić information content (AvgIpc) is 2.90. The van der Waals surface area contributed by atoms with Crippen LogP contribution in [-0.4, -0.2) is 6.54 Å². The van der Waals surface area contributed by atoms with Crippen LogP contribution in [0.5, 0.6) is 0 Å². The second-order valence-electron chi connectivity index (χ2n) is 5.51. The molecule has 1 heterocycles. The van der Waals surface area contributed by atoms with Crippen LogP contribution < -0.4 is 5.32 Å². The van der Waals surface area contributed by atoms with Gasteiger partial charge in [-0.2, -0.15) is 0 Å². The van der Waals surface area contributed by atoms with Gasteiger partial charge in [0.2, 0.25) is 0 Å². The van der Waals surface area contributed by atoms with Crippen LogP contribution in [0.15, 0.2) is 35.7 Å². The first-order valence-corrected chi connectivity index (χ1v) is 7.97. The fourth-order valence-corrected chi connectivity index (χ4v) is 3.41. The lowest BCUT2D eigenvalue weighted by Crippen LogP contribution is -2.27. The van der Waals surface area contributed by atoms with Gasteiger partial charge in [0.1, 0.15) is 5.82 Å². The number of halogens is 1. The third-order valence-corrected chi connectivity index (χ3v) is 4.54. The Morgan fingerprint density at radius 3 is 2.65 bits per heavy atom. The Hall–Kier alpha value is -1.19. The van der Waals surface area contributed by atoms with Gasteiger partial charge < -0.3 is 5.32 Å². The van der Waals surface area contributed by atoms with E-state index in [1.165, 1.54) is 10.4 Å². The Kier molecular flexibility index (Phi) is 5.32. The maximum atomic E-state index is 13.1. The molecule has 1 atom stereocenters. The summed E-state index contributed by atoms with van der Waals surface area (Å²) in [6.07, 6.45) is 0.931. The number of hydrogen-bond acceptors (Lipinski definition) is 2. The lowest BCUT2D eigenvalue weighted by atomic mass is 10.0. The van der Waals surface area contributed by atoms with Gasteiger partial charge in [-0.3, -0.25) is 0 Å². The Bertz CT molecular complexity index is 534. The molecular weight excluding hydrogens is 269 g/mol. The van der Waals surface area contributed by atoms with E-state index >= 15 is 0 Å². The molecule has 0 spiro atoms. The van der Waals surface area contributed by atoms with E-state index in [2.05, 4.69) is 36.7 Å². The minimum atomic E-state index is -0.155. The summed E-state index contributed by atoms with van der Waals surface area (Å²) < 4.78 is 13.1. The van der Waals surface area contributed by atoms with Crippen molar-refractivity contribution in [3.8, 4) is 0 Å². The van der Waals surface area contributed by atoms with Crippen LogP contribution in [0.4, 0.5) is 4.39 Å². The molecule has 1 aromatic heterocycles. The molecule has 1 aromatic carbocycles. The highest BCUT2D eigenvalue weighted by Gasteiger charge is 2.15. The molecule has 2 rings (SSSR count). The smallest absolute Gasteiger partial charge is 0.123 e. The van der Waals surface area contributed by atoms with Crippen LogP contribution in [0.1, 0.15) is 35.9 Å². The van der Waals surface area contributed by atoms with Crippen molar-refractivity contribution in [2.24, 2.45) is 5.92 Å². The van der Waals surface area contributed by atoms with Crippen molar-refractivity contribution in [2.75, 3.05) is 6.54 Å². The Labute approximate surface area is 124 Å². The quantitative estimate of drug-likeness (QED) is 0.811. The van der Waals surface area contributed by atoms with Crippen molar-refractivity contribution in [3.63, 3.8) is 0 Å². The summed E-state index contributed by atoms with van der Waals surface area (Å²) in [5, 5.41) is 5.75. The van der Waals surface area contributed by atoms with Crippen LogP contribution in [0.3, 0.4) is 0 Å². The second kappa shape index (κ2) is 7.00. The molecule has 0 saturated heterocycles. The van der Waals surface area contributed by atoms with Gasteiger partial charge in [0, 0.05) is 10.9 Å². The molecule has 1 nitrogen and oxygen atoms in total. The minimum absolute atomic E-state index is 0.155. The predicted octanol–water partition coefficient (Wildman–Crippen LogP) is 4.73. The van der Waals surface area contributed by atoms with E-state index < -0.39 is 0 Å². The summed E-state index contributed by atoms with van der Waals surface area (Å²) in [5.74, 6) is 0.404. The minimum Gasteiger partial charge on any atom is -0.309 e. The SMILES string of the molecule is Cc1cc(F)ccc1CCNC(c1cccs1)C(C)C. The molecular formula is C17H22FNS. The van der Waals surface area contributed by atoms with Crippen LogP contribution in [0.25, 0.3) is 0 Å². The summed E-state index contributed by atoms with van der Waals surface area (Å²) in [7, 11) is 0. The van der Waals surface area contributed by atoms with E-state index in [0.717, 1.165) is 18.5 Å². The summed E-state index contributed by atoms with van der Waals surface area (Å²) in [6, 6.07) is 9.72. The Morgan fingerprint density at radius 1 is 1.25 bits per heavy atom. The molecule has 0 aliphatic rings. The highest BCUT2D eigenvalue weighted by atomic mass is 32.1. The standard InChI is InChI=1S/C17H22FNS/c1-12(2)17(16-5-4-10-20-16)19-9-8-14-6-7-15(18)11-13(14)3/h4-7,10-12,17,19H,8-9H2,1-3H3. The largest absolute Gasteiger partial charge is 0.309 e. The van der Waals surface area contributed by atoms with Gasteiger partial charge in [0.05, 0.1) is 0 Å². The fraction of sp³-hybridized carbons (Fsp3) is 0.412. The lowest BCUT2D eigenvalue weighted by Gasteiger charge is -2.21. The molecule has 108 valence electrons. The van der Waals surface area contributed by atoms with Crippen molar-refractivity contribution in [1.29, 1.82) is 0 Å². The van der Waals surface area contributed by atoms with Crippen molar-refractivity contribution >= 4 is 11.3 Å². The first-order valence-electron chi connectivity index (χ1n) is 7.09. The molecule has 0 bridgehead atoms. The van der Waals surface area contributed by atoms with E-state index in [4.69, 9.17) is 0 Å². The third kappa shape index (κ3) is 3.90. The van der Waals surface area contributed by atoms with E-state index in [1.54, 1.807) is 23.5 Å². The van der Waals surface area contributed by atoms with Gasteiger partial charge in [0.15, 0.2) is 0 Å².